The van der Waals surface area contributed by atoms with Gasteiger partial charge < -0.3 is 0 Å². The summed E-state index contributed by atoms with van der Waals surface area (Å²) < 4.78 is 29.6. The van der Waals surface area contributed by atoms with Crippen LogP contribution in [0.2, 0.25) is 0 Å². The van der Waals surface area contributed by atoms with Gasteiger partial charge in [-0.15, -0.1) is 0 Å². The highest BCUT2D eigenvalue weighted by atomic mass is 32.2. The maximum Gasteiger partial charge on any atom is 0.279 e. The summed E-state index contributed by atoms with van der Waals surface area (Å²) in [4.78, 5) is 0. The van der Waals surface area contributed by atoms with Gasteiger partial charge in [0.2, 0.25) is 0 Å². The molecule has 1 aliphatic rings. The van der Waals surface area contributed by atoms with E-state index in [2.05, 4.69) is 35.9 Å². The van der Waals surface area contributed by atoms with Gasteiger partial charge in [-0.1, -0.05) is 67.6 Å². The Morgan fingerprint density at radius 1 is 1.04 bits per heavy atom. The summed E-state index contributed by atoms with van der Waals surface area (Å²) in [7, 11) is -3.39. The second-order valence-corrected chi connectivity index (χ2v) is 8.92. The van der Waals surface area contributed by atoms with Gasteiger partial charge in [-0.2, -0.15) is 12.7 Å². The fraction of sp³-hybridized carbons (Fsp3) is 0.429. The van der Waals surface area contributed by atoms with Crippen molar-refractivity contribution >= 4 is 10.2 Å². The third-order valence-corrected chi connectivity index (χ3v) is 6.66. The van der Waals surface area contributed by atoms with Crippen molar-refractivity contribution in [1.29, 1.82) is 0 Å². The summed E-state index contributed by atoms with van der Waals surface area (Å²) in [5.41, 5.74) is 2.42. The molecule has 2 aromatic carbocycles. The minimum atomic E-state index is -3.39. The smallest absolute Gasteiger partial charge is 0.202 e. The van der Waals surface area contributed by atoms with E-state index in [0.717, 1.165) is 19.3 Å². The molecule has 1 heterocycles. The minimum absolute atomic E-state index is 0.181. The Morgan fingerprint density at radius 3 is 2.15 bits per heavy atom. The molecule has 3 rings (SSSR count). The lowest BCUT2D eigenvalue weighted by Gasteiger charge is -2.30. The predicted octanol–water partition coefficient (Wildman–Crippen LogP) is 3.77. The van der Waals surface area contributed by atoms with Gasteiger partial charge in [-0.25, -0.2) is 4.72 Å². The number of nitrogens with zero attached hydrogens (tertiary/aromatic N) is 1. The topological polar surface area (TPSA) is 49.4 Å². The van der Waals surface area contributed by atoms with Crippen molar-refractivity contribution in [2.75, 3.05) is 19.6 Å². The zero-order chi connectivity index (χ0) is 18.4. The van der Waals surface area contributed by atoms with Crippen LogP contribution in [0.1, 0.15) is 43.2 Å². The Labute approximate surface area is 157 Å². The molecule has 1 N–H and O–H groups in total. The zero-order valence-corrected chi connectivity index (χ0v) is 16.2. The fourth-order valence-corrected chi connectivity index (χ4v) is 5.06. The van der Waals surface area contributed by atoms with Gasteiger partial charge >= 0.3 is 0 Å². The van der Waals surface area contributed by atoms with Crippen molar-refractivity contribution in [1.82, 2.24) is 9.03 Å². The van der Waals surface area contributed by atoms with Gasteiger partial charge in [0.05, 0.1) is 0 Å². The molecule has 26 heavy (non-hydrogen) atoms. The van der Waals surface area contributed by atoms with E-state index in [-0.39, 0.29) is 5.92 Å². The predicted molar refractivity (Wildman–Crippen MR) is 106 cm³/mol. The average Bonchev–Trinajstić information content (AvgIpc) is 2.67. The van der Waals surface area contributed by atoms with Gasteiger partial charge in [0.15, 0.2) is 0 Å². The molecule has 0 radical (unpaired) electrons. The molecule has 1 aliphatic heterocycles. The highest BCUT2D eigenvalue weighted by Crippen LogP contribution is 2.27. The molecule has 1 fully saturated rings. The molecule has 0 aliphatic carbocycles. The molecule has 5 heteroatoms. The SMILES string of the molecule is C[C@H]1CCCN(S(=O)(=O)NCCC(c2ccccc2)c2ccccc2)C1. The number of hydrogen-bond donors (Lipinski definition) is 1. The molecule has 140 valence electrons. The van der Waals surface area contributed by atoms with E-state index in [9.17, 15) is 8.42 Å². The molecule has 0 unspecified atom stereocenters. The van der Waals surface area contributed by atoms with Crippen molar-refractivity contribution in [3.8, 4) is 0 Å². The Kier molecular flexibility index (Phi) is 6.46. The molecular weight excluding hydrogens is 344 g/mol. The Bertz CT molecular complexity index is 739. The standard InChI is InChI=1S/C21H28N2O2S/c1-18-9-8-16-23(17-18)26(24,25)22-15-14-21(19-10-4-2-5-11-19)20-12-6-3-7-13-20/h2-7,10-13,18,21-22H,8-9,14-17H2,1H3/t18-/m0/s1. The number of nitrogens with one attached hydrogen (secondary N) is 1. The van der Waals surface area contributed by atoms with Crippen LogP contribution >= 0.6 is 0 Å². The summed E-state index contributed by atoms with van der Waals surface area (Å²) in [6.45, 7) is 3.79. The summed E-state index contributed by atoms with van der Waals surface area (Å²) in [6.07, 6.45) is 2.78. The molecule has 4 nitrogen and oxygen atoms in total. The normalized spacial score (nSPS) is 18.9. The first-order chi connectivity index (χ1) is 12.6. The van der Waals surface area contributed by atoms with Crippen LogP contribution in [0.25, 0.3) is 0 Å². The largest absolute Gasteiger partial charge is 0.279 e. The summed E-state index contributed by atoms with van der Waals surface area (Å²) in [6, 6.07) is 20.6. The van der Waals surface area contributed by atoms with E-state index in [4.69, 9.17) is 0 Å². The van der Waals surface area contributed by atoms with Crippen molar-refractivity contribution < 1.29 is 8.42 Å². The first-order valence-corrected chi connectivity index (χ1v) is 10.8. The van der Waals surface area contributed by atoms with Gasteiger partial charge in [-0.05, 0) is 36.3 Å². The van der Waals surface area contributed by atoms with E-state index in [1.165, 1.54) is 11.1 Å². The van der Waals surface area contributed by atoms with Crippen LogP contribution < -0.4 is 4.72 Å². The first kappa shape index (κ1) is 19.1. The second kappa shape index (κ2) is 8.80. The highest BCUT2D eigenvalue weighted by molar-refractivity contribution is 7.87. The molecule has 0 saturated carbocycles. The van der Waals surface area contributed by atoms with Crippen LogP contribution in [0.15, 0.2) is 60.7 Å². The lowest BCUT2D eigenvalue weighted by molar-refractivity contribution is 0.278. The minimum Gasteiger partial charge on any atom is -0.202 e. The summed E-state index contributed by atoms with van der Waals surface area (Å²) in [5, 5.41) is 0. The summed E-state index contributed by atoms with van der Waals surface area (Å²) >= 11 is 0. The van der Waals surface area contributed by atoms with Crippen LogP contribution in [0, 0.1) is 5.92 Å². The fourth-order valence-electron chi connectivity index (χ4n) is 3.68. The van der Waals surface area contributed by atoms with E-state index in [1.807, 2.05) is 36.4 Å². The quantitative estimate of drug-likeness (QED) is 0.804. The second-order valence-electron chi connectivity index (χ2n) is 7.17. The number of benzene rings is 2. The van der Waals surface area contributed by atoms with Crippen LogP contribution in [0.5, 0.6) is 0 Å². The van der Waals surface area contributed by atoms with E-state index in [0.29, 0.717) is 25.6 Å². The molecule has 1 atom stereocenters. The maximum absolute atomic E-state index is 12.6. The van der Waals surface area contributed by atoms with Crippen LogP contribution in [0.3, 0.4) is 0 Å². The van der Waals surface area contributed by atoms with E-state index >= 15 is 0 Å². The van der Waals surface area contributed by atoms with Gasteiger partial charge in [-0.3, -0.25) is 0 Å². The molecule has 0 aromatic heterocycles. The molecule has 0 bridgehead atoms. The third-order valence-electron chi connectivity index (χ3n) is 5.08. The monoisotopic (exact) mass is 372 g/mol. The molecule has 0 amide bonds. The lowest BCUT2D eigenvalue weighted by atomic mass is 9.89. The third kappa shape index (κ3) is 4.93. The molecule has 0 spiro atoms. The van der Waals surface area contributed by atoms with Crippen molar-refractivity contribution in [3.05, 3.63) is 71.8 Å². The Morgan fingerprint density at radius 2 is 1.62 bits per heavy atom. The first-order valence-electron chi connectivity index (χ1n) is 9.41. The maximum atomic E-state index is 12.6. The highest BCUT2D eigenvalue weighted by Gasteiger charge is 2.27. The zero-order valence-electron chi connectivity index (χ0n) is 15.3. The summed E-state index contributed by atoms with van der Waals surface area (Å²) in [5.74, 6) is 0.613. The molecule has 1 saturated heterocycles. The van der Waals surface area contributed by atoms with Crippen molar-refractivity contribution in [2.45, 2.75) is 32.1 Å². The Hall–Kier alpha value is -1.69. The van der Waals surface area contributed by atoms with E-state index < -0.39 is 10.2 Å². The van der Waals surface area contributed by atoms with Crippen LogP contribution in [-0.2, 0) is 10.2 Å². The lowest BCUT2D eigenvalue weighted by Crippen LogP contribution is -2.45. The van der Waals surface area contributed by atoms with Crippen molar-refractivity contribution in [2.24, 2.45) is 5.92 Å². The number of piperidine rings is 1. The van der Waals surface area contributed by atoms with Crippen LogP contribution in [-0.4, -0.2) is 32.4 Å². The average molecular weight is 373 g/mol. The van der Waals surface area contributed by atoms with E-state index in [1.54, 1.807) is 4.31 Å². The van der Waals surface area contributed by atoms with Gasteiger partial charge in [0.1, 0.15) is 0 Å². The Balaban J connectivity index is 1.67. The number of rotatable bonds is 7. The number of hydrogen-bond acceptors (Lipinski definition) is 2. The molecule has 2 aromatic rings. The van der Waals surface area contributed by atoms with Crippen LogP contribution in [0.4, 0.5) is 0 Å². The van der Waals surface area contributed by atoms with Crippen molar-refractivity contribution in [3.63, 3.8) is 0 Å². The molecular formula is C21H28N2O2S. The van der Waals surface area contributed by atoms with Gasteiger partial charge in [0, 0.05) is 25.6 Å². The van der Waals surface area contributed by atoms with Gasteiger partial charge in [0.25, 0.3) is 10.2 Å².